The Hall–Kier alpha value is -2.61. The number of pyridine rings is 2. The van der Waals surface area contributed by atoms with Gasteiger partial charge in [-0.15, -0.1) is 0 Å². The molecule has 1 aliphatic carbocycles. The third-order valence-electron chi connectivity index (χ3n) is 4.32. The maximum atomic E-state index is 12.5. The average Bonchev–Trinajstić information content (AvgIpc) is 3.50. The summed E-state index contributed by atoms with van der Waals surface area (Å²) in [5, 5.41) is 2.83. The van der Waals surface area contributed by atoms with Gasteiger partial charge in [0.05, 0.1) is 0 Å². The molecule has 2 aromatic heterocycles. The second-order valence-electron chi connectivity index (χ2n) is 6.92. The van der Waals surface area contributed by atoms with Crippen molar-refractivity contribution in [1.29, 1.82) is 0 Å². The molecule has 0 spiro atoms. The number of nitrogens with zero attached hydrogens (tertiary/aromatic N) is 2. The summed E-state index contributed by atoms with van der Waals surface area (Å²) in [4.78, 5) is 32.7. The van der Waals surface area contributed by atoms with Gasteiger partial charge in [0.1, 0.15) is 10.8 Å². The van der Waals surface area contributed by atoms with Crippen LogP contribution >= 0.6 is 11.6 Å². The van der Waals surface area contributed by atoms with E-state index in [0.29, 0.717) is 22.5 Å². The average molecular weight is 424 g/mol. The van der Waals surface area contributed by atoms with Gasteiger partial charge in [0.15, 0.2) is 6.61 Å². The van der Waals surface area contributed by atoms with E-state index in [1.54, 1.807) is 19.1 Å². The zero-order valence-electron chi connectivity index (χ0n) is 15.8. The molecule has 0 atom stereocenters. The Bertz CT molecular complexity index is 920. The molecule has 6 nitrogen and oxygen atoms in total. The Labute approximate surface area is 171 Å². The second kappa shape index (κ2) is 9.26. The lowest BCUT2D eigenvalue weighted by atomic mass is 10.1. The number of alkyl halides is 2. The molecule has 1 N–H and O–H groups in total. The molecule has 1 saturated carbocycles. The number of rotatable bonds is 9. The molecule has 2 heterocycles. The first kappa shape index (κ1) is 21.1. The van der Waals surface area contributed by atoms with Gasteiger partial charge in [0.25, 0.3) is 12.3 Å². The minimum atomic E-state index is -2.62. The number of hydrogen-bond acceptors (Lipinski definition) is 5. The summed E-state index contributed by atoms with van der Waals surface area (Å²) in [5.74, 6) is -0.120. The van der Waals surface area contributed by atoms with Crippen LogP contribution in [0.15, 0.2) is 24.4 Å². The lowest BCUT2D eigenvalue weighted by molar-refractivity contribution is -0.119. The van der Waals surface area contributed by atoms with Crippen molar-refractivity contribution in [2.45, 2.75) is 39.2 Å². The first-order valence-electron chi connectivity index (χ1n) is 9.15. The molecule has 0 aliphatic heterocycles. The number of Topliss-reactive ketones (excluding diaryl/α,β-unsaturated/α-hetero) is 1. The van der Waals surface area contributed by atoms with E-state index in [4.69, 9.17) is 16.3 Å². The normalized spacial score (nSPS) is 13.4. The highest BCUT2D eigenvalue weighted by molar-refractivity contribution is 6.31. The minimum Gasteiger partial charge on any atom is -0.471 e. The molecule has 3 rings (SSSR count). The fourth-order valence-electron chi connectivity index (χ4n) is 2.78. The van der Waals surface area contributed by atoms with Crippen LogP contribution in [0.3, 0.4) is 0 Å². The molecule has 1 fully saturated rings. The van der Waals surface area contributed by atoms with Gasteiger partial charge >= 0.3 is 0 Å². The van der Waals surface area contributed by atoms with Crippen LogP contribution in [0.4, 0.5) is 8.78 Å². The molecular weight excluding hydrogens is 404 g/mol. The Morgan fingerprint density at radius 1 is 1.31 bits per heavy atom. The third kappa shape index (κ3) is 6.19. The molecule has 1 aliphatic rings. The van der Waals surface area contributed by atoms with Crippen LogP contribution in [0.25, 0.3) is 0 Å². The number of carbonyl (C=O) groups excluding carboxylic acids is 2. The summed E-state index contributed by atoms with van der Waals surface area (Å²) in [6, 6.07) is 4.76. The van der Waals surface area contributed by atoms with Gasteiger partial charge in [0, 0.05) is 42.0 Å². The van der Waals surface area contributed by atoms with E-state index < -0.39 is 13.0 Å². The highest BCUT2D eigenvalue weighted by atomic mass is 35.5. The van der Waals surface area contributed by atoms with Crippen molar-refractivity contribution >= 4 is 23.3 Å². The topological polar surface area (TPSA) is 81.2 Å². The Morgan fingerprint density at radius 3 is 2.72 bits per heavy atom. The van der Waals surface area contributed by atoms with Crippen molar-refractivity contribution in [2.75, 3.05) is 6.61 Å². The number of hydrogen-bond donors (Lipinski definition) is 1. The zero-order valence-corrected chi connectivity index (χ0v) is 16.5. The maximum Gasteiger partial charge on any atom is 0.272 e. The van der Waals surface area contributed by atoms with Crippen LogP contribution in [-0.4, -0.2) is 34.7 Å². The summed E-state index contributed by atoms with van der Waals surface area (Å²) < 4.78 is 29.2. The van der Waals surface area contributed by atoms with Crippen LogP contribution < -0.4 is 10.1 Å². The van der Waals surface area contributed by atoms with E-state index >= 15 is 0 Å². The molecule has 0 saturated heterocycles. The van der Waals surface area contributed by atoms with E-state index in [0.717, 1.165) is 12.8 Å². The van der Waals surface area contributed by atoms with Crippen molar-refractivity contribution in [1.82, 2.24) is 15.3 Å². The van der Waals surface area contributed by atoms with Gasteiger partial charge in [-0.05, 0) is 43.5 Å². The van der Waals surface area contributed by atoms with Crippen LogP contribution in [0, 0.1) is 12.8 Å². The SMILES string of the molecule is Cc1cc(C(=O)NCc2cnc(OCC(F)F)c(Cl)c2)cc(CC(=O)C2CC2)n1. The lowest BCUT2D eigenvalue weighted by Crippen LogP contribution is -2.23. The van der Waals surface area contributed by atoms with Crippen molar-refractivity contribution in [3.8, 4) is 5.88 Å². The van der Waals surface area contributed by atoms with E-state index in [1.165, 1.54) is 12.3 Å². The Balaban J connectivity index is 1.60. The van der Waals surface area contributed by atoms with E-state index in [9.17, 15) is 18.4 Å². The standard InChI is InChI=1S/C20H20ClF2N3O3/c1-11-4-14(6-15(26-11)7-17(27)13-2-3-13)19(28)24-8-12-5-16(21)20(25-9-12)29-10-18(22)23/h4-6,9,13,18H,2-3,7-8,10H2,1H3,(H,24,28). The predicted molar refractivity (Wildman–Crippen MR) is 102 cm³/mol. The largest absolute Gasteiger partial charge is 0.471 e. The van der Waals surface area contributed by atoms with Gasteiger partial charge < -0.3 is 10.1 Å². The number of aryl methyl sites for hydroxylation is 1. The van der Waals surface area contributed by atoms with E-state index in [-0.39, 0.29) is 41.5 Å². The second-order valence-corrected chi connectivity index (χ2v) is 7.33. The highest BCUT2D eigenvalue weighted by Gasteiger charge is 2.29. The molecule has 0 radical (unpaired) electrons. The van der Waals surface area contributed by atoms with Crippen LogP contribution in [0.2, 0.25) is 5.02 Å². The van der Waals surface area contributed by atoms with Gasteiger partial charge in [-0.1, -0.05) is 11.6 Å². The van der Waals surface area contributed by atoms with Gasteiger partial charge in [0.2, 0.25) is 5.88 Å². The first-order valence-corrected chi connectivity index (χ1v) is 9.53. The first-order chi connectivity index (χ1) is 13.8. The molecule has 29 heavy (non-hydrogen) atoms. The van der Waals surface area contributed by atoms with Crippen molar-refractivity contribution in [2.24, 2.45) is 5.92 Å². The lowest BCUT2D eigenvalue weighted by Gasteiger charge is -2.10. The van der Waals surface area contributed by atoms with Crippen molar-refractivity contribution < 1.29 is 23.1 Å². The van der Waals surface area contributed by atoms with Crippen molar-refractivity contribution in [3.63, 3.8) is 0 Å². The summed E-state index contributed by atoms with van der Waals surface area (Å²) in [5.41, 5.74) is 2.23. The number of halogens is 3. The molecule has 9 heteroatoms. The molecule has 0 bridgehead atoms. The zero-order chi connectivity index (χ0) is 21.0. The van der Waals surface area contributed by atoms with Gasteiger partial charge in [-0.2, -0.15) is 0 Å². The molecule has 0 unspecified atom stereocenters. The molecular formula is C20H20ClF2N3O3. The molecule has 0 aromatic carbocycles. The summed E-state index contributed by atoms with van der Waals surface area (Å²) >= 11 is 5.98. The quantitative estimate of drug-likeness (QED) is 0.667. The number of ether oxygens (including phenoxy) is 1. The number of aromatic nitrogens is 2. The summed E-state index contributed by atoms with van der Waals surface area (Å²) in [7, 11) is 0. The van der Waals surface area contributed by atoms with Gasteiger partial charge in [-0.3, -0.25) is 14.6 Å². The van der Waals surface area contributed by atoms with Crippen LogP contribution in [0.5, 0.6) is 5.88 Å². The maximum absolute atomic E-state index is 12.5. The predicted octanol–water partition coefficient (Wildman–Crippen LogP) is 3.53. The number of nitrogens with one attached hydrogen (secondary N) is 1. The Morgan fingerprint density at radius 2 is 2.07 bits per heavy atom. The summed E-state index contributed by atoms with van der Waals surface area (Å²) in [6.07, 6.45) is 0.859. The molecule has 2 aromatic rings. The number of amides is 1. The number of carbonyl (C=O) groups is 2. The molecule has 1 amide bonds. The fraction of sp³-hybridized carbons (Fsp3) is 0.400. The monoisotopic (exact) mass is 423 g/mol. The van der Waals surface area contributed by atoms with Crippen LogP contribution in [-0.2, 0) is 17.8 Å². The van der Waals surface area contributed by atoms with Gasteiger partial charge in [-0.25, -0.2) is 13.8 Å². The highest BCUT2D eigenvalue weighted by Crippen LogP contribution is 2.30. The van der Waals surface area contributed by atoms with Crippen molar-refractivity contribution in [3.05, 3.63) is 51.9 Å². The third-order valence-corrected chi connectivity index (χ3v) is 4.59. The molecule has 154 valence electrons. The smallest absolute Gasteiger partial charge is 0.272 e. The minimum absolute atomic E-state index is 0.0815. The fourth-order valence-corrected chi connectivity index (χ4v) is 3.02. The van der Waals surface area contributed by atoms with Crippen LogP contribution in [0.1, 0.15) is 40.2 Å². The number of ketones is 1. The van der Waals surface area contributed by atoms with E-state index in [2.05, 4.69) is 15.3 Å². The summed E-state index contributed by atoms with van der Waals surface area (Å²) in [6.45, 7) is 1.11. The Kier molecular flexibility index (Phi) is 6.74. The van der Waals surface area contributed by atoms with E-state index in [1.807, 2.05) is 0 Å².